The van der Waals surface area contributed by atoms with Crippen LogP contribution in [-0.4, -0.2) is 29.7 Å². The van der Waals surface area contributed by atoms with Crippen molar-refractivity contribution in [2.24, 2.45) is 11.1 Å². The molecule has 3 unspecified atom stereocenters. The topological polar surface area (TPSA) is 75.4 Å². The van der Waals surface area contributed by atoms with Crippen LogP contribution < -0.4 is 11.1 Å². The van der Waals surface area contributed by atoms with E-state index in [0.717, 1.165) is 25.7 Å². The van der Waals surface area contributed by atoms with Crippen LogP contribution in [0.5, 0.6) is 0 Å². The molecule has 1 aliphatic rings. The van der Waals surface area contributed by atoms with Crippen LogP contribution in [0.4, 0.5) is 0 Å². The summed E-state index contributed by atoms with van der Waals surface area (Å²) in [6, 6.07) is 0.119. The van der Waals surface area contributed by atoms with Crippen molar-refractivity contribution in [3.05, 3.63) is 0 Å². The molecule has 0 saturated heterocycles. The lowest BCUT2D eigenvalue weighted by Crippen LogP contribution is -2.49. The summed E-state index contributed by atoms with van der Waals surface area (Å²) in [5, 5.41) is 12.5. The lowest BCUT2D eigenvalue weighted by Gasteiger charge is -2.31. The Morgan fingerprint density at radius 2 is 2.25 bits per heavy atom. The molecule has 0 aromatic heterocycles. The number of carbonyl (C=O) groups is 1. The molecule has 16 heavy (non-hydrogen) atoms. The second kappa shape index (κ2) is 5.64. The maximum absolute atomic E-state index is 12.0. The van der Waals surface area contributed by atoms with Crippen molar-refractivity contribution >= 4 is 5.91 Å². The van der Waals surface area contributed by atoms with E-state index in [1.807, 2.05) is 13.8 Å². The Hall–Kier alpha value is -0.610. The fourth-order valence-electron chi connectivity index (χ4n) is 2.05. The number of aliphatic hydroxyl groups excluding tert-OH is 1. The summed E-state index contributed by atoms with van der Waals surface area (Å²) in [5.74, 6) is 0.0246. The zero-order valence-corrected chi connectivity index (χ0v) is 10.3. The molecule has 0 radical (unpaired) electrons. The zero-order chi connectivity index (χ0) is 12.2. The van der Waals surface area contributed by atoms with E-state index in [-0.39, 0.29) is 18.1 Å². The molecule has 0 aromatic carbocycles. The van der Waals surface area contributed by atoms with E-state index in [1.54, 1.807) is 0 Å². The predicted molar refractivity (Wildman–Crippen MR) is 63.9 cm³/mol. The molecule has 0 aliphatic heterocycles. The average molecular weight is 228 g/mol. The zero-order valence-electron chi connectivity index (χ0n) is 10.3. The number of hydrogen-bond donors (Lipinski definition) is 3. The van der Waals surface area contributed by atoms with Gasteiger partial charge in [0.15, 0.2) is 0 Å². The van der Waals surface area contributed by atoms with Gasteiger partial charge in [-0.25, -0.2) is 0 Å². The molecule has 94 valence electrons. The number of amides is 1. The molecule has 0 aromatic rings. The van der Waals surface area contributed by atoms with E-state index in [4.69, 9.17) is 5.73 Å². The van der Waals surface area contributed by atoms with E-state index in [1.165, 1.54) is 0 Å². The highest BCUT2D eigenvalue weighted by Gasteiger charge is 2.32. The summed E-state index contributed by atoms with van der Waals surface area (Å²) >= 11 is 0. The van der Waals surface area contributed by atoms with Crippen LogP contribution in [0.1, 0.15) is 46.0 Å². The van der Waals surface area contributed by atoms with Crippen molar-refractivity contribution < 1.29 is 9.90 Å². The largest absolute Gasteiger partial charge is 0.393 e. The number of carbonyl (C=O) groups excluding carboxylic acids is 1. The molecular formula is C12H24N2O2. The van der Waals surface area contributed by atoms with E-state index in [9.17, 15) is 9.90 Å². The maximum Gasteiger partial charge on any atom is 0.227 e. The molecule has 1 aliphatic carbocycles. The van der Waals surface area contributed by atoms with Gasteiger partial charge < -0.3 is 16.2 Å². The van der Waals surface area contributed by atoms with Crippen LogP contribution in [0.2, 0.25) is 0 Å². The number of hydrogen-bond acceptors (Lipinski definition) is 3. The number of nitrogens with two attached hydrogens (primary N) is 1. The Morgan fingerprint density at radius 1 is 1.56 bits per heavy atom. The first-order chi connectivity index (χ1) is 7.51. The molecule has 0 heterocycles. The minimum absolute atomic E-state index is 0.0246. The van der Waals surface area contributed by atoms with Crippen LogP contribution in [0.15, 0.2) is 0 Å². The smallest absolute Gasteiger partial charge is 0.227 e. The highest BCUT2D eigenvalue weighted by Crippen LogP contribution is 2.23. The van der Waals surface area contributed by atoms with E-state index in [0.29, 0.717) is 13.0 Å². The van der Waals surface area contributed by atoms with Crippen LogP contribution in [0, 0.1) is 5.41 Å². The first kappa shape index (κ1) is 13.5. The maximum atomic E-state index is 12.0. The monoisotopic (exact) mass is 228 g/mol. The fraction of sp³-hybridized carbons (Fsp3) is 0.917. The highest BCUT2D eigenvalue weighted by molar-refractivity contribution is 5.82. The van der Waals surface area contributed by atoms with Crippen molar-refractivity contribution in [3.63, 3.8) is 0 Å². The lowest BCUT2D eigenvalue weighted by atomic mass is 9.85. The SMILES string of the molecule is CCC(C)(CN)C(=O)NC1CCCC(O)C1. The summed E-state index contributed by atoms with van der Waals surface area (Å²) in [6.07, 6.45) is 3.96. The number of aliphatic hydroxyl groups is 1. The van der Waals surface area contributed by atoms with Crippen molar-refractivity contribution in [2.45, 2.75) is 58.1 Å². The molecule has 1 amide bonds. The van der Waals surface area contributed by atoms with Gasteiger partial charge in [-0.2, -0.15) is 0 Å². The third kappa shape index (κ3) is 3.19. The Kier molecular flexibility index (Phi) is 4.74. The van der Waals surface area contributed by atoms with Crippen LogP contribution in [0.25, 0.3) is 0 Å². The van der Waals surface area contributed by atoms with Crippen LogP contribution >= 0.6 is 0 Å². The molecule has 1 rings (SSSR count). The third-order valence-corrected chi connectivity index (χ3v) is 3.76. The quantitative estimate of drug-likeness (QED) is 0.665. The van der Waals surface area contributed by atoms with Gasteiger partial charge in [0.1, 0.15) is 0 Å². The lowest BCUT2D eigenvalue weighted by molar-refractivity contribution is -0.131. The minimum Gasteiger partial charge on any atom is -0.393 e. The van der Waals surface area contributed by atoms with Gasteiger partial charge in [-0.05, 0) is 39.0 Å². The molecule has 4 N–H and O–H groups in total. The Morgan fingerprint density at radius 3 is 2.75 bits per heavy atom. The van der Waals surface area contributed by atoms with Gasteiger partial charge in [0.25, 0.3) is 0 Å². The molecule has 1 saturated carbocycles. The second-order valence-corrected chi connectivity index (χ2v) is 5.11. The van der Waals surface area contributed by atoms with E-state index in [2.05, 4.69) is 5.32 Å². The second-order valence-electron chi connectivity index (χ2n) is 5.11. The van der Waals surface area contributed by atoms with Gasteiger partial charge in [-0.3, -0.25) is 4.79 Å². The van der Waals surface area contributed by atoms with E-state index >= 15 is 0 Å². The molecule has 3 atom stereocenters. The molecule has 0 spiro atoms. The molecule has 4 nitrogen and oxygen atoms in total. The molecule has 1 fully saturated rings. The minimum atomic E-state index is -0.470. The number of rotatable bonds is 4. The Balaban J connectivity index is 2.50. The normalized spacial score (nSPS) is 29.5. The van der Waals surface area contributed by atoms with Crippen molar-refractivity contribution in [3.8, 4) is 0 Å². The van der Waals surface area contributed by atoms with Gasteiger partial charge in [0.05, 0.1) is 11.5 Å². The summed E-state index contributed by atoms with van der Waals surface area (Å²) < 4.78 is 0. The summed E-state index contributed by atoms with van der Waals surface area (Å²) in [5.41, 5.74) is 5.17. The number of nitrogens with one attached hydrogen (secondary N) is 1. The fourth-order valence-corrected chi connectivity index (χ4v) is 2.05. The average Bonchev–Trinajstić information content (AvgIpc) is 2.28. The van der Waals surface area contributed by atoms with Gasteiger partial charge in [-0.1, -0.05) is 6.92 Å². The summed E-state index contributed by atoms with van der Waals surface area (Å²) in [4.78, 5) is 12.0. The molecule has 0 bridgehead atoms. The van der Waals surface area contributed by atoms with Crippen molar-refractivity contribution in [1.82, 2.24) is 5.32 Å². The standard InChI is InChI=1S/C12H24N2O2/c1-3-12(2,8-13)11(16)14-9-5-4-6-10(15)7-9/h9-10,15H,3-8,13H2,1-2H3,(H,14,16). The highest BCUT2D eigenvalue weighted by atomic mass is 16.3. The van der Waals surface area contributed by atoms with Crippen LogP contribution in [0.3, 0.4) is 0 Å². The molecule has 4 heteroatoms. The summed E-state index contributed by atoms with van der Waals surface area (Å²) in [7, 11) is 0. The van der Waals surface area contributed by atoms with Gasteiger partial charge in [0.2, 0.25) is 5.91 Å². The summed E-state index contributed by atoms with van der Waals surface area (Å²) in [6.45, 7) is 4.23. The first-order valence-electron chi connectivity index (χ1n) is 6.21. The van der Waals surface area contributed by atoms with Crippen molar-refractivity contribution in [1.29, 1.82) is 0 Å². The van der Waals surface area contributed by atoms with Crippen molar-refractivity contribution in [2.75, 3.05) is 6.54 Å². The van der Waals surface area contributed by atoms with Gasteiger partial charge in [0, 0.05) is 12.6 Å². The predicted octanol–water partition coefficient (Wildman–Crippen LogP) is 0.781. The van der Waals surface area contributed by atoms with E-state index < -0.39 is 5.41 Å². The Labute approximate surface area is 97.6 Å². The first-order valence-corrected chi connectivity index (χ1v) is 6.21. The van der Waals surface area contributed by atoms with Gasteiger partial charge >= 0.3 is 0 Å². The molecular weight excluding hydrogens is 204 g/mol. The Bertz CT molecular complexity index is 239. The third-order valence-electron chi connectivity index (χ3n) is 3.76. The van der Waals surface area contributed by atoms with Crippen LogP contribution in [-0.2, 0) is 4.79 Å². The van der Waals surface area contributed by atoms with Gasteiger partial charge in [-0.15, -0.1) is 0 Å².